The van der Waals surface area contributed by atoms with Crippen molar-refractivity contribution in [2.75, 3.05) is 13.7 Å². The molecule has 4 nitrogen and oxygen atoms in total. The van der Waals surface area contributed by atoms with Gasteiger partial charge in [0.1, 0.15) is 5.75 Å². The molecule has 0 aliphatic heterocycles. The smallest absolute Gasteiger partial charge is 0.292 e. The Bertz CT molecular complexity index is 413. The van der Waals surface area contributed by atoms with Crippen LogP contribution in [-0.2, 0) is 4.79 Å². The van der Waals surface area contributed by atoms with Gasteiger partial charge in [-0.05, 0) is 37.6 Å². The summed E-state index contributed by atoms with van der Waals surface area (Å²) in [5.41, 5.74) is 1.21. The fourth-order valence-corrected chi connectivity index (χ4v) is 1.39. The summed E-state index contributed by atoms with van der Waals surface area (Å²) in [6.45, 7) is 4.04. The Morgan fingerprint density at radius 1 is 1.38 bits per heavy atom. The molecule has 0 aromatic heterocycles. The minimum Gasteiger partial charge on any atom is -0.496 e. The summed E-state index contributed by atoms with van der Waals surface area (Å²) in [6, 6.07) is 4.92. The van der Waals surface area contributed by atoms with E-state index < -0.39 is 11.7 Å². The van der Waals surface area contributed by atoms with Gasteiger partial charge in [-0.15, -0.1) is 0 Å². The van der Waals surface area contributed by atoms with E-state index in [0.29, 0.717) is 17.9 Å². The predicted octanol–water partition coefficient (Wildman–Crippen LogP) is 1.32. The Morgan fingerprint density at radius 3 is 2.56 bits per heavy atom. The van der Waals surface area contributed by atoms with E-state index in [1.54, 1.807) is 32.2 Å². The second-order valence-electron chi connectivity index (χ2n) is 3.37. The maximum absolute atomic E-state index is 11.6. The van der Waals surface area contributed by atoms with Crippen molar-refractivity contribution in [3.05, 3.63) is 29.3 Å². The summed E-state index contributed by atoms with van der Waals surface area (Å²) in [7, 11) is 1.56. The van der Waals surface area contributed by atoms with E-state index in [4.69, 9.17) is 4.74 Å². The lowest BCUT2D eigenvalue weighted by molar-refractivity contribution is -0.116. The highest BCUT2D eigenvalue weighted by Crippen LogP contribution is 2.18. The SMILES string of the molecule is CCNC(=O)C(=O)c1ccc(OC)c(C)c1. The van der Waals surface area contributed by atoms with E-state index >= 15 is 0 Å². The predicted molar refractivity (Wildman–Crippen MR) is 60.7 cm³/mol. The molecule has 1 rings (SSSR count). The molecule has 86 valence electrons. The molecule has 0 saturated heterocycles. The normalized spacial score (nSPS) is 9.69. The second kappa shape index (κ2) is 5.30. The van der Waals surface area contributed by atoms with E-state index in [-0.39, 0.29) is 0 Å². The fraction of sp³-hybridized carbons (Fsp3) is 0.333. The summed E-state index contributed by atoms with van der Waals surface area (Å²) < 4.78 is 5.08. The fourth-order valence-electron chi connectivity index (χ4n) is 1.39. The molecule has 1 N–H and O–H groups in total. The zero-order valence-corrected chi connectivity index (χ0v) is 9.66. The van der Waals surface area contributed by atoms with Crippen molar-refractivity contribution in [1.29, 1.82) is 0 Å². The molecule has 0 aliphatic rings. The van der Waals surface area contributed by atoms with Gasteiger partial charge >= 0.3 is 0 Å². The number of carbonyl (C=O) groups excluding carboxylic acids is 2. The van der Waals surface area contributed by atoms with Crippen LogP contribution in [0.1, 0.15) is 22.8 Å². The third-order valence-corrected chi connectivity index (χ3v) is 2.20. The number of carbonyl (C=O) groups is 2. The van der Waals surface area contributed by atoms with Gasteiger partial charge in [-0.2, -0.15) is 0 Å². The number of rotatable bonds is 4. The molecule has 0 unspecified atom stereocenters. The number of Topliss-reactive ketones (excluding diaryl/α,β-unsaturated/α-hetero) is 1. The molecular formula is C12H15NO3. The molecule has 0 bridgehead atoms. The average Bonchev–Trinajstić information content (AvgIpc) is 2.28. The number of ether oxygens (including phenoxy) is 1. The number of likely N-dealkylation sites (N-methyl/N-ethyl adjacent to an activating group) is 1. The van der Waals surface area contributed by atoms with Crippen molar-refractivity contribution in [2.45, 2.75) is 13.8 Å². The van der Waals surface area contributed by atoms with Crippen molar-refractivity contribution < 1.29 is 14.3 Å². The molecule has 0 heterocycles. The van der Waals surface area contributed by atoms with Crippen LogP contribution in [0.3, 0.4) is 0 Å². The number of hydrogen-bond donors (Lipinski definition) is 1. The first-order valence-corrected chi connectivity index (χ1v) is 5.07. The molecule has 16 heavy (non-hydrogen) atoms. The lowest BCUT2D eigenvalue weighted by Crippen LogP contribution is -2.30. The minimum atomic E-state index is -0.577. The molecule has 0 fully saturated rings. The largest absolute Gasteiger partial charge is 0.496 e. The van der Waals surface area contributed by atoms with Gasteiger partial charge in [0.2, 0.25) is 5.78 Å². The Kier molecular flexibility index (Phi) is 4.05. The van der Waals surface area contributed by atoms with Crippen LogP contribution >= 0.6 is 0 Å². The van der Waals surface area contributed by atoms with Crippen molar-refractivity contribution >= 4 is 11.7 Å². The first kappa shape index (κ1) is 12.2. The Morgan fingerprint density at radius 2 is 2.06 bits per heavy atom. The first-order chi connectivity index (χ1) is 7.60. The third-order valence-electron chi connectivity index (χ3n) is 2.20. The molecule has 0 aliphatic carbocycles. The van der Waals surface area contributed by atoms with Crippen LogP contribution in [0, 0.1) is 6.92 Å². The molecule has 0 saturated carbocycles. The van der Waals surface area contributed by atoms with Gasteiger partial charge in [0.15, 0.2) is 0 Å². The number of aryl methyl sites for hydroxylation is 1. The monoisotopic (exact) mass is 221 g/mol. The summed E-state index contributed by atoms with van der Waals surface area (Å²) in [5, 5.41) is 2.47. The number of benzene rings is 1. The Labute approximate surface area is 94.6 Å². The van der Waals surface area contributed by atoms with Crippen LogP contribution in [0.5, 0.6) is 5.75 Å². The van der Waals surface area contributed by atoms with Gasteiger partial charge in [0.05, 0.1) is 7.11 Å². The molecular weight excluding hydrogens is 206 g/mol. The van der Waals surface area contributed by atoms with E-state index in [1.807, 2.05) is 6.92 Å². The van der Waals surface area contributed by atoms with Crippen molar-refractivity contribution in [3.8, 4) is 5.75 Å². The van der Waals surface area contributed by atoms with Crippen LogP contribution in [-0.4, -0.2) is 25.3 Å². The lowest BCUT2D eigenvalue weighted by atomic mass is 10.1. The van der Waals surface area contributed by atoms with E-state index in [9.17, 15) is 9.59 Å². The quantitative estimate of drug-likeness (QED) is 0.616. The highest BCUT2D eigenvalue weighted by Gasteiger charge is 2.15. The molecule has 0 atom stereocenters. The van der Waals surface area contributed by atoms with Crippen LogP contribution < -0.4 is 10.1 Å². The molecule has 4 heteroatoms. The zero-order valence-electron chi connectivity index (χ0n) is 9.66. The number of methoxy groups -OCH3 is 1. The highest BCUT2D eigenvalue weighted by molar-refractivity contribution is 6.42. The molecule has 1 aromatic rings. The first-order valence-electron chi connectivity index (χ1n) is 5.07. The summed E-state index contributed by atoms with van der Waals surface area (Å²) in [4.78, 5) is 23.0. The van der Waals surface area contributed by atoms with Crippen molar-refractivity contribution in [2.24, 2.45) is 0 Å². The number of ketones is 1. The van der Waals surface area contributed by atoms with E-state index in [0.717, 1.165) is 5.56 Å². The average molecular weight is 221 g/mol. The molecule has 0 radical (unpaired) electrons. The Hall–Kier alpha value is -1.84. The van der Waals surface area contributed by atoms with Crippen LogP contribution in [0.4, 0.5) is 0 Å². The highest BCUT2D eigenvalue weighted by atomic mass is 16.5. The third kappa shape index (κ3) is 2.59. The van der Waals surface area contributed by atoms with Gasteiger partial charge in [0, 0.05) is 12.1 Å². The number of amides is 1. The van der Waals surface area contributed by atoms with Crippen LogP contribution in [0.2, 0.25) is 0 Å². The Balaban J connectivity index is 2.93. The molecule has 1 aromatic carbocycles. The second-order valence-corrected chi connectivity index (χ2v) is 3.37. The van der Waals surface area contributed by atoms with Gasteiger partial charge in [0.25, 0.3) is 5.91 Å². The van der Waals surface area contributed by atoms with Gasteiger partial charge < -0.3 is 10.1 Å². The summed E-state index contributed by atoms with van der Waals surface area (Å²) >= 11 is 0. The number of nitrogens with one attached hydrogen (secondary N) is 1. The minimum absolute atomic E-state index is 0.379. The van der Waals surface area contributed by atoms with E-state index in [2.05, 4.69) is 5.32 Å². The number of hydrogen-bond acceptors (Lipinski definition) is 3. The van der Waals surface area contributed by atoms with Crippen molar-refractivity contribution in [3.63, 3.8) is 0 Å². The maximum Gasteiger partial charge on any atom is 0.292 e. The van der Waals surface area contributed by atoms with E-state index in [1.165, 1.54) is 0 Å². The van der Waals surface area contributed by atoms with Gasteiger partial charge in [-0.1, -0.05) is 0 Å². The standard InChI is InChI=1S/C12H15NO3/c1-4-13-12(15)11(14)9-5-6-10(16-3)8(2)7-9/h5-7H,4H2,1-3H3,(H,13,15). The zero-order chi connectivity index (χ0) is 12.1. The molecule has 1 amide bonds. The maximum atomic E-state index is 11.6. The van der Waals surface area contributed by atoms with Crippen molar-refractivity contribution in [1.82, 2.24) is 5.32 Å². The summed E-state index contributed by atoms with van der Waals surface area (Å²) in [5.74, 6) is -0.396. The summed E-state index contributed by atoms with van der Waals surface area (Å²) in [6.07, 6.45) is 0. The van der Waals surface area contributed by atoms with Crippen LogP contribution in [0.15, 0.2) is 18.2 Å². The topological polar surface area (TPSA) is 55.4 Å². The van der Waals surface area contributed by atoms with Gasteiger partial charge in [-0.3, -0.25) is 9.59 Å². The lowest BCUT2D eigenvalue weighted by Gasteiger charge is -2.06. The van der Waals surface area contributed by atoms with Gasteiger partial charge in [-0.25, -0.2) is 0 Å². The van der Waals surface area contributed by atoms with Crippen LogP contribution in [0.25, 0.3) is 0 Å². The molecule has 0 spiro atoms.